The first-order valence-electron chi connectivity index (χ1n) is 11.1. The van der Waals surface area contributed by atoms with Crippen LogP contribution in [-0.4, -0.2) is 44.3 Å². The molecule has 9 nitrogen and oxygen atoms in total. The van der Waals surface area contributed by atoms with Crippen LogP contribution in [0.4, 0.5) is 11.6 Å². The molecular weight excluding hydrogens is 442 g/mol. The number of aromatic nitrogens is 4. The second kappa shape index (κ2) is 10.1. The van der Waals surface area contributed by atoms with Crippen LogP contribution >= 0.6 is 0 Å². The van der Waals surface area contributed by atoms with Crippen molar-refractivity contribution in [3.05, 3.63) is 71.1 Å². The van der Waals surface area contributed by atoms with E-state index in [-0.39, 0.29) is 5.91 Å². The van der Waals surface area contributed by atoms with Gasteiger partial charge in [-0.05, 0) is 79.9 Å². The van der Waals surface area contributed by atoms with Gasteiger partial charge in [-0.25, -0.2) is 4.98 Å². The number of benzene rings is 2. The first-order chi connectivity index (χ1) is 16.9. The average Bonchev–Trinajstić information content (AvgIpc) is 3.33. The molecule has 0 aliphatic rings. The van der Waals surface area contributed by atoms with Crippen LogP contribution in [-0.2, 0) is 4.79 Å². The highest BCUT2D eigenvalue weighted by molar-refractivity contribution is 5.91. The number of hydrogen-bond donors (Lipinski definition) is 2. The van der Waals surface area contributed by atoms with Crippen molar-refractivity contribution in [2.24, 2.45) is 0 Å². The predicted molar refractivity (Wildman–Crippen MR) is 134 cm³/mol. The van der Waals surface area contributed by atoms with E-state index in [0.29, 0.717) is 40.8 Å². The fourth-order valence-corrected chi connectivity index (χ4v) is 3.48. The Morgan fingerprint density at radius 2 is 1.91 bits per heavy atom. The Morgan fingerprint density at radius 3 is 2.57 bits per heavy atom. The molecular formula is C26H25N7O2. The summed E-state index contributed by atoms with van der Waals surface area (Å²) in [5, 5.41) is 12.1. The third-order valence-electron chi connectivity index (χ3n) is 5.47. The molecule has 176 valence electrons. The Labute approximate surface area is 203 Å². The molecule has 35 heavy (non-hydrogen) atoms. The fraction of sp³-hybridized carbons (Fsp3) is 0.192. The Hall–Kier alpha value is -4.71. The van der Waals surface area contributed by atoms with Crippen LogP contribution in [0.2, 0.25) is 0 Å². The standard InChI is InChI=1S/C26H25N7O2/c1-5-33(4)21(34)11-8-19-12-16(2)23(17(3)13-19)35-25-22-24(29-15-28-22)31-26(32-25)30-20-9-6-18(14-27)7-10-20/h6-13,15H,5H2,1-4H3,(H2,28,29,30,31,32). The minimum absolute atomic E-state index is 0.0481. The Kier molecular flexibility index (Phi) is 6.73. The summed E-state index contributed by atoms with van der Waals surface area (Å²) in [6.45, 7) is 6.47. The molecule has 0 aliphatic carbocycles. The maximum atomic E-state index is 12.1. The first kappa shape index (κ1) is 23.4. The SMILES string of the molecule is CCN(C)C(=O)C=Cc1cc(C)c(Oc2nc(Nc3ccc(C#N)cc3)nc3nc[nH]c23)c(C)c1. The molecule has 0 saturated heterocycles. The molecule has 1 amide bonds. The van der Waals surface area contributed by atoms with Crippen LogP contribution in [0.15, 0.2) is 48.8 Å². The van der Waals surface area contributed by atoms with E-state index in [1.807, 2.05) is 32.9 Å². The quantitative estimate of drug-likeness (QED) is 0.372. The van der Waals surface area contributed by atoms with E-state index in [0.717, 1.165) is 22.4 Å². The monoisotopic (exact) mass is 467 g/mol. The molecule has 0 fully saturated rings. The number of imidazole rings is 1. The van der Waals surface area contributed by atoms with Crippen LogP contribution < -0.4 is 10.1 Å². The number of carbonyl (C=O) groups excluding carboxylic acids is 1. The zero-order chi connectivity index (χ0) is 24.9. The van der Waals surface area contributed by atoms with E-state index < -0.39 is 0 Å². The molecule has 0 aliphatic heterocycles. The van der Waals surface area contributed by atoms with Gasteiger partial charge in [-0.15, -0.1) is 0 Å². The van der Waals surface area contributed by atoms with Crippen molar-refractivity contribution in [1.29, 1.82) is 5.26 Å². The van der Waals surface area contributed by atoms with E-state index in [1.165, 1.54) is 6.33 Å². The fourth-order valence-electron chi connectivity index (χ4n) is 3.48. The molecule has 2 heterocycles. The minimum atomic E-state index is -0.0481. The molecule has 4 aromatic rings. The number of nitrogens with one attached hydrogen (secondary N) is 2. The number of ether oxygens (including phenoxy) is 1. The maximum Gasteiger partial charge on any atom is 0.250 e. The summed E-state index contributed by atoms with van der Waals surface area (Å²) in [7, 11) is 1.77. The molecule has 2 aromatic heterocycles. The second-order valence-corrected chi connectivity index (χ2v) is 8.04. The number of nitrogens with zero attached hydrogens (tertiary/aromatic N) is 5. The molecule has 0 bridgehead atoms. The van der Waals surface area contributed by atoms with Crippen LogP contribution in [0.25, 0.3) is 17.2 Å². The lowest BCUT2D eigenvalue weighted by molar-refractivity contribution is -0.124. The molecule has 0 radical (unpaired) electrons. The highest BCUT2D eigenvalue weighted by atomic mass is 16.5. The van der Waals surface area contributed by atoms with Crippen molar-refractivity contribution < 1.29 is 9.53 Å². The van der Waals surface area contributed by atoms with E-state index in [4.69, 9.17) is 10.00 Å². The van der Waals surface area contributed by atoms with Gasteiger partial charge in [0.15, 0.2) is 5.65 Å². The number of H-pyrrole nitrogens is 1. The first-order valence-corrected chi connectivity index (χ1v) is 11.1. The minimum Gasteiger partial charge on any atom is -0.436 e. The summed E-state index contributed by atoms with van der Waals surface area (Å²) < 4.78 is 6.26. The Balaban J connectivity index is 1.62. The third kappa shape index (κ3) is 5.28. The van der Waals surface area contributed by atoms with Crippen LogP contribution in [0.1, 0.15) is 29.2 Å². The lowest BCUT2D eigenvalue weighted by Crippen LogP contribution is -2.23. The van der Waals surface area contributed by atoms with Crippen molar-refractivity contribution >= 4 is 34.8 Å². The van der Waals surface area contributed by atoms with Gasteiger partial charge < -0.3 is 19.9 Å². The number of rotatable bonds is 7. The highest BCUT2D eigenvalue weighted by Gasteiger charge is 2.15. The molecule has 4 rings (SSSR count). The van der Waals surface area contributed by atoms with E-state index in [2.05, 4.69) is 31.3 Å². The number of amides is 1. The van der Waals surface area contributed by atoms with Gasteiger partial charge in [0.1, 0.15) is 11.3 Å². The van der Waals surface area contributed by atoms with Crippen molar-refractivity contribution in [2.45, 2.75) is 20.8 Å². The van der Waals surface area contributed by atoms with Gasteiger partial charge in [-0.1, -0.05) is 0 Å². The lowest BCUT2D eigenvalue weighted by atomic mass is 10.1. The van der Waals surface area contributed by atoms with Crippen LogP contribution in [0.5, 0.6) is 11.6 Å². The molecule has 2 N–H and O–H groups in total. The number of likely N-dealkylation sites (N-methyl/N-ethyl adjacent to an activating group) is 1. The average molecular weight is 468 g/mol. The zero-order valence-corrected chi connectivity index (χ0v) is 20.0. The van der Waals surface area contributed by atoms with Gasteiger partial charge in [0.2, 0.25) is 11.9 Å². The third-order valence-corrected chi connectivity index (χ3v) is 5.47. The summed E-state index contributed by atoms with van der Waals surface area (Å²) in [4.78, 5) is 30.0. The predicted octanol–water partition coefficient (Wildman–Crippen LogP) is 4.87. The Bertz CT molecular complexity index is 1430. The lowest BCUT2D eigenvalue weighted by Gasteiger charge is -2.14. The number of fused-ring (bicyclic) bond motifs is 1. The van der Waals surface area contributed by atoms with Gasteiger partial charge in [0.25, 0.3) is 5.88 Å². The second-order valence-electron chi connectivity index (χ2n) is 8.04. The van der Waals surface area contributed by atoms with Crippen LogP contribution in [0, 0.1) is 25.2 Å². The van der Waals surface area contributed by atoms with Gasteiger partial charge in [0, 0.05) is 25.4 Å². The summed E-state index contributed by atoms with van der Waals surface area (Å²) in [5.41, 5.74) is 5.03. The number of nitriles is 1. The topological polar surface area (TPSA) is 120 Å². The van der Waals surface area contributed by atoms with Gasteiger partial charge in [0.05, 0.1) is 18.0 Å². The van der Waals surface area contributed by atoms with Crippen molar-refractivity contribution in [1.82, 2.24) is 24.8 Å². The van der Waals surface area contributed by atoms with Crippen molar-refractivity contribution in [3.63, 3.8) is 0 Å². The molecule has 9 heteroatoms. The van der Waals surface area contributed by atoms with Crippen LogP contribution in [0.3, 0.4) is 0 Å². The molecule has 0 unspecified atom stereocenters. The van der Waals surface area contributed by atoms with Gasteiger partial charge in [-0.2, -0.15) is 15.2 Å². The van der Waals surface area contributed by atoms with Crippen molar-refractivity contribution in [2.75, 3.05) is 18.9 Å². The number of anilines is 2. The van der Waals surface area contributed by atoms with Gasteiger partial charge >= 0.3 is 0 Å². The normalized spacial score (nSPS) is 10.9. The number of hydrogen-bond acceptors (Lipinski definition) is 7. The number of aromatic amines is 1. The smallest absolute Gasteiger partial charge is 0.250 e. The maximum absolute atomic E-state index is 12.1. The highest BCUT2D eigenvalue weighted by Crippen LogP contribution is 2.33. The number of aryl methyl sites for hydroxylation is 2. The van der Waals surface area contributed by atoms with E-state index >= 15 is 0 Å². The largest absolute Gasteiger partial charge is 0.436 e. The molecule has 0 saturated carbocycles. The number of carbonyl (C=O) groups is 1. The van der Waals surface area contributed by atoms with Crippen molar-refractivity contribution in [3.8, 4) is 17.7 Å². The van der Waals surface area contributed by atoms with E-state index in [9.17, 15) is 4.79 Å². The summed E-state index contributed by atoms with van der Waals surface area (Å²) in [6.07, 6.45) is 4.91. The zero-order valence-electron chi connectivity index (χ0n) is 20.0. The summed E-state index contributed by atoms with van der Waals surface area (Å²) >= 11 is 0. The molecule has 0 atom stereocenters. The van der Waals surface area contributed by atoms with E-state index in [1.54, 1.807) is 48.4 Å². The summed E-state index contributed by atoms with van der Waals surface area (Å²) in [6, 6.07) is 13.0. The summed E-state index contributed by atoms with van der Waals surface area (Å²) in [5.74, 6) is 1.27. The Morgan fingerprint density at radius 1 is 1.20 bits per heavy atom. The molecule has 0 spiro atoms. The van der Waals surface area contributed by atoms with Gasteiger partial charge in [-0.3, -0.25) is 4.79 Å². The molecule has 2 aromatic carbocycles.